The number of anilines is 2. The van der Waals surface area contributed by atoms with Crippen LogP contribution in [0.2, 0.25) is 10.0 Å². The molecule has 0 saturated carbocycles. The van der Waals surface area contributed by atoms with Crippen molar-refractivity contribution in [3.8, 4) is 0 Å². The first-order valence-corrected chi connectivity index (χ1v) is 16.9. The van der Waals surface area contributed by atoms with Gasteiger partial charge in [-0.25, -0.2) is 0 Å². The zero-order valence-corrected chi connectivity index (χ0v) is 28.6. The lowest BCUT2D eigenvalue weighted by molar-refractivity contribution is -0.116. The molecule has 242 valence electrons. The van der Waals surface area contributed by atoms with Gasteiger partial charge in [-0.2, -0.15) is 0 Å². The number of hydrogen-bond donors (Lipinski definition) is 3. The van der Waals surface area contributed by atoms with Gasteiger partial charge in [0, 0.05) is 21.2 Å². The van der Waals surface area contributed by atoms with E-state index in [4.69, 9.17) is 23.2 Å². The van der Waals surface area contributed by atoms with Crippen molar-refractivity contribution in [1.29, 1.82) is 0 Å². The Morgan fingerprint density at radius 3 is 2.08 bits per heavy atom. The highest BCUT2D eigenvalue weighted by Crippen LogP contribution is 2.38. The van der Waals surface area contributed by atoms with Crippen LogP contribution in [0.5, 0.6) is 0 Å². The molecule has 9 heteroatoms. The van der Waals surface area contributed by atoms with Gasteiger partial charge in [0.1, 0.15) is 10.9 Å². The second-order valence-electron chi connectivity index (χ2n) is 11.2. The van der Waals surface area contributed by atoms with Crippen molar-refractivity contribution in [2.45, 2.75) is 29.9 Å². The molecule has 0 aromatic heterocycles. The smallest absolute Gasteiger partial charge is 0.272 e. The quantitative estimate of drug-likeness (QED) is 0.0949. The molecule has 0 fully saturated rings. The Morgan fingerprint density at radius 2 is 1.40 bits per heavy atom. The zero-order chi connectivity index (χ0) is 34.0. The van der Waals surface area contributed by atoms with Gasteiger partial charge in [0.05, 0.1) is 10.7 Å². The maximum absolute atomic E-state index is 13.7. The zero-order valence-electron chi connectivity index (χ0n) is 26.2. The van der Waals surface area contributed by atoms with E-state index in [0.717, 1.165) is 16.0 Å². The van der Waals surface area contributed by atoms with Crippen molar-refractivity contribution in [3.05, 3.63) is 165 Å². The summed E-state index contributed by atoms with van der Waals surface area (Å²) in [7, 11) is 0. The van der Waals surface area contributed by atoms with Crippen molar-refractivity contribution in [2.24, 2.45) is 0 Å². The second kappa shape index (κ2) is 16.3. The minimum absolute atomic E-state index is 0.0825. The summed E-state index contributed by atoms with van der Waals surface area (Å²) in [6.45, 7) is 4.22. The number of carbonyl (C=O) groups is 3. The molecule has 6 nitrogen and oxygen atoms in total. The van der Waals surface area contributed by atoms with E-state index in [1.54, 1.807) is 66.7 Å². The average molecular weight is 695 g/mol. The standard InChI is InChI=1S/C39H33Cl2N3O3S/c1-25(2)27-18-16-26(17-19-27)22-35(44-37(45)29-12-7-4-8-13-29)38(46)42-31-14-9-15-32(24-31)48-36(28-10-5-3-6-11-28)39(47)43-34-23-30(40)20-21-33(34)41/h3-25,36H,1-2H3,(H,42,46)(H,43,47)(H,44,45)/b35-22+. The summed E-state index contributed by atoms with van der Waals surface area (Å²) in [5, 5.41) is 8.77. The number of thioether (sulfide) groups is 1. The van der Waals surface area contributed by atoms with E-state index in [0.29, 0.717) is 32.9 Å². The summed E-state index contributed by atoms with van der Waals surface area (Å²) >= 11 is 13.8. The third-order valence-corrected chi connectivity index (χ3v) is 9.13. The maximum atomic E-state index is 13.7. The largest absolute Gasteiger partial charge is 0.323 e. The molecular formula is C39H33Cl2N3O3S. The molecule has 3 amide bonds. The van der Waals surface area contributed by atoms with Crippen LogP contribution in [0.25, 0.3) is 6.08 Å². The van der Waals surface area contributed by atoms with Crippen LogP contribution in [0, 0.1) is 0 Å². The SMILES string of the molecule is CC(C)c1ccc(/C=C(/NC(=O)c2ccccc2)C(=O)Nc2cccc(SC(C(=O)Nc3cc(Cl)ccc3Cl)c3ccccc3)c2)cc1. The summed E-state index contributed by atoms with van der Waals surface area (Å²) in [4.78, 5) is 41.2. The van der Waals surface area contributed by atoms with Crippen LogP contribution in [0.1, 0.15) is 52.1 Å². The molecule has 0 spiro atoms. The Balaban J connectivity index is 1.39. The van der Waals surface area contributed by atoms with E-state index in [1.165, 1.54) is 17.3 Å². The summed E-state index contributed by atoms with van der Waals surface area (Å²) in [5.41, 5.74) is 4.12. The Morgan fingerprint density at radius 1 is 0.708 bits per heavy atom. The summed E-state index contributed by atoms with van der Waals surface area (Å²) in [6.07, 6.45) is 1.65. The molecule has 0 aliphatic heterocycles. The van der Waals surface area contributed by atoms with Gasteiger partial charge in [0.15, 0.2) is 0 Å². The minimum Gasteiger partial charge on any atom is -0.323 e. The third kappa shape index (κ3) is 9.38. The molecular weight excluding hydrogens is 661 g/mol. The van der Waals surface area contributed by atoms with E-state index >= 15 is 0 Å². The monoisotopic (exact) mass is 693 g/mol. The molecule has 0 radical (unpaired) electrons. The van der Waals surface area contributed by atoms with Crippen LogP contribution in [0.15, 0.2) is 138 Å². The lowest BCUT2D eigenvalue weighted by Gasteiger charge is -2.18. The number of halogens is 2. The number of rotatable bonds is 11. The van der Waals surface area contributed by atoms with Crippen LogP contribution in [-0.2, 0) is 9.59 Å². The highest BCUT2D eigenvalue weighted by Gasteiger charge is 2.24. The number of nitrogens with one attached hydrogen (secondary N) is 3. The minimum atomic E-state index is -0.651. The van der Waals surface area contributed by atoms with Gasteiger partial charge >= 0.3 is 0 Å². The average Bonchev–Trinajstić information content (AvgIpc) is 3.09. The molecule has 5 aromatic rings. The first-order valence-electron chi connectivity index (χ1n) is 15.2. The number of benzene rings is 5. The van der Waals surface area contributed by atoms with E-state index < -0.39 is 17.1 Å². The van der Waals surface area contributed by atoms with E-state index in [2.05, 4.69) is 29.8 Å². The van der Waals surface area contributed by atoms with Crippen molar-refractivity contribution in [1.82, 2.24) is 5.32 Å². The molecule has 5 aromatic carbocycles. The van der Waals surface area contributed by atoms with Crippen LogP contribution in [0.3, 0.4) is 0 Å². The number of hydrogen-bond acceptors (Lipinski definition) is 4. The molecule has 0 saturated heterocycles. The Bertz CT molecular complexity index is 1930. The van der Waals surface area contributed by atoms with Gasteiger partial charge in [-0.3, -0.25) is 14.4 Å². The summed E-state index contributed by atoms with van der Waals surface area (Å²) < 4.78 is 0. The Labute approximate surface area is 294 Å². The van der Waals surface area contributed by atoms with Crippen LogP contribution in [0.4, 0.5) is 11.4 Å². The summed E-state index contributed by atoms with van der Waals surface area (Å²) in [6, 6.07) is 38.0. The van der Waals surface area contributed by atoms with E-state index in [1.807, 2.05) is 66.7 Å². The van der Waals surface area contributed by atoms with Crippen LogP contribution in [-0.4, -0.2) is 17.7 Å². The van der Waals surface area contributed by atoms with Crippen molar-refractivity contribution in [2.75, 3.05) is 10.6 Å². The van der Waals surface area contributed by atoms with Gasteiger partial charge in [-0.15, -0.1) is 11.8 Å². The van der Waals surface area contributed by atoms with Gasteiger partial charge in [-0.05, 0) is 77.2 Å². The molecule has 0 bridgehead atoms. The normalized spacial score (nSPS) is 11.9. The Kier molecular flexibility index (Phi) is 11.7. The molecule has 1 unspecified atom stereocenters. The van der Waals surface area contributed by atoms with Gasteiger partial charge < -0.3 is 16.0 Å². The first-order chi connectivity index (χ1) is 23.2. The second-order valence-corrected chi connectivity index (χ2v) is 13.2. The van der Waals surface area contributed by atoms with Crippen molar-refractivity contribution < 1.29 is 14.4 Å². The van der Waals surface area contributed by atoms with Gasteiger partial charge in [0.2, 0.25) is 5.91 Å². The molecule has 0 aliphatic carbocycles. The molecule has 5 rings (SSSR count). The molecule has 48 heavy (non-hydrogen) atoms. The molecule has 1 atom stereocenters. The first kappa shape index (κ1) is 34.5. The fourth-order valence-electron chi connectivity index (χ4n) is 4.76. The van der Waals surface area contributed by atoms with Crippen molar-refractivity contribution in [3.63, 3.8) is 0 Å². The highest BCUT2D eigenvalue weighted by atomic mass is 35.5. The highest BCUT2D eigenvalue weighted by molar-refractivity contribution is 8.00. The Hall–Kier alpha value is -4.82. The number of carbonyl (C=O) groups excluding carboxylic acids is 3. The predicted octanol–water partition coefficient (Wildman–Crippen LogP) is 10.00. The molecule has 0 aliphatic rings. The molecule has 3 N–H and O–H groups in total. The van der Waals surface area contributed by atoms with Crippen LogP contribution < -0.4 is 16.0 Å². The summed E-state index contributed by atoms with van der Waals surface area (Å²) in [5.74, 6) is -0.836. The lowest BCUT2D eigenvalue weighted by Crippen LogP contribution is -2.30. The fraction of sp³-hybridized carbons (Fsp3) is 0.103. The number of amides is 3. The van der Waals surface area contributed by atoms with Gasteiger partial charge in [-0.1, -0.05) is 116 Å². The maximum Gasteiger partial charge on any atom is 0.272 e. The van der Waals surface area contributed by atoms with E-state index in [9.17, 15) is 14.4 Å². The van der Waals surface area contributed by atoms with Crippen molar-refractivity contribution >= 4 is 70.1 Å². The lowest BCUT2D eigenvalue weighted by atomic mass is 10.0. The predicted molar refractivity (Wildman–Crippen MR) is 198 cm³/mol. The van der Waals surface area contributed by atoms with Gasteiger partial charge in [0.25, 0.3) is 11.8 Å². The third-order valence-electron chi connectivity index (χ3n) is 7.32. The fourth-order valence-corrected chi connectivity index (χ4v) is 6.18. The van der Waals surface area contributed by atoms with Crippen LogP contribution >= 0.6 is 35.0 Å². The topological polar surface area (TPSA) is 87.3 Å². The van der Waals surface area contributed by atoms with E-state index in [-0.39, 0.29) is 11.6 Å². The molecule has 0 heterocycles.